The van der Waals surface area contributed by atoms with Crippen molar-refractivity contribution in [3.63, 3.8) is 0 Å². The van der Waals surface area contributed by atoms with Crippen LogP contribution in [-0.2, 0) is 14.6 Å². The van der Waals surface area contributed by atoms with E-state index in [0.717, 1.165) is 45.2 Å². The Labute approximate surface area is 143 Å². The molecule has 24 heavy (non-hydrogen) atoms. The maximum absolute atomic E-state index is 12.8. The minimum Gasteiger partial charge on any atom is -0.381 e. The van der Waals surface area contributed by atoms with Crippen molar-refractivity contribution in [3.8, 4) is 0 Å². The molecule has 0 aromatic heterocycles. The second-order valence-corrected chi connectivity index (χ2v) is 9.12. The second-order valence-electron chi connectivity index (χ2n) is 7.11. The number of likely N-dealkylation sites (tertiary alicyclic amines) is 1. The fraction of sp³-hybridized carbons (Fsp3) is 0.611. The smallest absolute Gasteiger partial charge is 0.253 e. The summed E-state index contributed by atoms with van der Waals surface area (Å²) in [5, 5.41) is 0. The van der Waals surface area contributed by atoms with Gasteiger partial charge in [-0.25, -0.2) is 8.42 Å². The Bertz CT molecular complexity index is 713. The summed E-state index contributed by atoms with van der Waals surface area (Å²) in [6, 6.07) is 6.25. The van der Waals surface area contributed by atoms with Gasteiger partial charge in [-0.15, -0.1) is 0 Å². The van der Waals surface area contributed by atoms with Gasteiger partial charge >= 0.3 is 0 Å². The van der Waals surface area contributed by atoms with Crippen LogP contribution in [0.5, 0.6) is 0 Å². The molecule has 132 valence electrons. The fourth-order valence-corrected chi connectivity index (χ4v) is 4.93. The number of carbonyl (C=O) groups is 1. The van der Waals surface area contributed by atoms with Gasteiger partial charge in [-0.2, -0.15) is 0 Å². The molecule has 0 N–H and O–H groups in total. The van der Waals surface area contributed by atoms with Gasteiger partial charge in [0.15, 0.2) is 9.84 Å². The number of carbonyl (C=O) groups excluding carboxylic acids is 1. The molecule has 1 aliphatic heterocycles. The maximum atomic E-state index is 12.8. The monoisotopic (exact) mass is 351 g/mol. The first-order valence-electron chi connectivity index (χ1n) is 8.48. The Morgan fingerprint density at radius 3 is 2.50 bits per heavy atom. The van der Waals surface area contributed by atoms with E-state index in [1.165, 1.54) is 18.4 Å². The summed E-state index contributed by atoms with van der Waals surface area (Å²) < 4.78 is 28.8. The molecule has 0 bridgehead atoms. The van der Waals surface area contributed by atoms with Crippen LogP contribution in [0, 0.1) is 5.41 Å². The van der Waals surface area contributed by atoms with Gasteiger partial charge in [0.25, 0.3) is 5.91 Å². The van der Waals surface area contributed by atoms with Gasteiger partial charge in [0, 0.05) is 37.4 Å². The van der Waals surface area contributed by atoms with E-state index in [0.29, 0.717) is 5.56 Å². The number of nitrogens with zero attached hydrogens (tertiary/aromatic N) is 1. The highest BCUT2D eigenvalue weighted by molar-refractivity contribution is 7.90. The number of hydrogen-bond acceptors (Lipinski definition) is 4. The zero-order valence-electron chi connectivity index (χ0n) is 14.3. The zero-order valence-corrected chi connectivity index (χ0v) is 15.1. The van der Waals surface area contributed by atoms with E-state index in [1.807, 2.05) is 4.90 Å². The SMILES string of the molecule is CO[C@@H]1CCC[C@@]12CCCN(C(=O)c1ccc(S(C)(=O)=O)cc1)C2. The average molecular weight is 351 g/mol. The van der Waals surface area contributed by atoms with Crippen LogP contribution in [0.15, 0.2) is 29.2 Å². The predicted molar refractivity (Wildman–Crippen MR) is 91.8 cm³/mol. The van der Waals surface area contributed by atoms with Crippen molar-refractivity contribution in [2.24, 2.45) is 5.41 Å². The zero-order chi connectivity index (χ0) is 17.4. The van der Waals surface area contributed by atoms with Gasteiger partial charge in [-0.3, -0.25) is 4.79 Å². The van der Waals surface area contributed by atoms with Crippen LogP contribution in [-0.4, -0.2) is 51.8 Å². The van der Waals surface area contributed by atoms with Crippen LogP contribution in [0.2, 0.25) is 0 Å². The maximum Gasteiger partial charge on any atom is 0.253 e. The molecule has 1 saturated heterocycles. The normalized spacial score (nSPS) is 27.6. The molecule has 1 spiro atoms. The second kappa shape index (κ2) is 6.48. The van der Waals surface area contributed by atoms with E-state index >= 15 is 0 Å². The summed E-state index contributed by atoms with van der Waals surface area (Å²) in [5.74, 6) is -0.0177. The topological polar surface area (TPSA) is 63.7 Å². The Morgan fingerprint density at radius 2 is 1.88 bits per heavy atom. The van der Waals surface area contributed by atoms with Crippen molar-refractivity contribution < 1.29 is 17.9 Å². The summed E-state index contributed by atoms with van der Waals surface area (Å²) in [7, 11) is -1.47. The largest absolute Gasteiger partial charge is 0.381 e. The van der Waals surface area contributed by atoms with Crippen molar-refractivity contribution in [1.82, 2.24) is 4.90 Å². The van der Waals surface area contributed by atoms with E-state index in [9.17, 15) is 13.2 Å². The summed E-state index contributed by atoms with van der Waals surface area (Å²) in [4.78, 5) is 15.0. The predicted octanol–water partition coefficient (Wildman–Crippen LogP) is 2.51. The molecule has 2 atom stereocenters. The molecular formula is C18H25NO4S. The van der Waals surface area contributed by atoms with Gasteiger partial charge in [0.05, 0.1) is 11.0 Å². The molecule has 2 fully saturated rings. The van der Waals surface area contributed by atoms with E-state index in [1.54, 1.807) is 19.2 Å². The summed E-state index contributed by atoms with van der Waals surface area (Å²) in [6.07, 6.45) is 6.85. The van der Waals surface area contributed by atoms with Crippen LogP contribution in [0.3, 0.4) is 0 Å². The molecule has 3 rings (SSSR count). The highest BCUT2D eigenvalue weighted by Gasteiger charge is 2.46. The molecule has 1 aliphatic carbocycles. The molecule has 0 unspecified atom stereocenters. The number of ether oxygens (including phenoxy) is 1. The highest BCUT2D eigenvalue weighted by atomic mass is 32.2. The average Bonchev–Trinajstić information content (AvgIpc) is 2.95. The van der Waals surface area contributed by atoms with E-state index < -0.39 is 9.84 Å². The summed E-state index contributed by atoms with van der Waals surface area (Å²) >= 11 is 0. The Balaban J connectivity index is 1.77. The lowest BCUT2D eigenvalue weighted by Gasteiger charge is -2.43. The molecule has 2 aliphatic rings. The fourth-order valence-electron chi connectivity index (χ4n) is 4.30. The van der Waals surface area contributed by atoms with Gasteiger partial charge in [0.2, 0.25) is 0 Å². The molecule has 1 aromatic carbocycles. The highest BCUT2D eigenvalue weighted by Crippen LogP contribution is 2.46. The van der Waals surface area contributed by atoms with Crippen molar-refractivity contribution >= 4 is 15.7 Å². The lowest BCUT2D eigenvalue weighted by molar-refractivity contribution is -0.0295. The third-order valence-corrected chi connectivity index (χ3v) is 6.66. The van der Waals surface area contributed by atoms with Crippen LogP contribution < -0.4 is 0 Å². The Kier molecular flexibility index (Phi) is 4.71. The number of hydrogen-bond donors (Lipinski definition) is 0. The van der Waals surface area contributed by atoms with Crippen molar-refractivity contribution in [2.45, 2.75) is 43.1 Å². The number of amides is 1. The first-order chi connectivity index (χ1) is 11.4. The lowest BCUT2D eigenvalue weighted by Crippen LogP contribution is -2.49. The lowest BCUT2D eigenvalue weighted by atomic mass is 9.76. The van der Waals surface area contributed by atoms with Crippen LogP contribution in [0.25, 0.3) is 0 Å². The van der Waals surface area contributed by atoms with Gasteiger partial charge < -0.3 is 9.64 Å². The van der Waals surface area contributed by atoms with E-state index in [-0.39, 0.29) is 22.3 Å². The first kappa shape index (κ1) is 17.4. The minimum absolute atomic E-state index is 0.0177. The van der Waals surface area contributed by atoms with Crippen LogP contribution >= 0.6 is 0 Å². The molecule has 6 heteroatoms. The van der Waals surface area contributed by atoms with E-state index in [4.69, 9.17) is 4.74 Å². The van der Waals surface area contributed by atoms with Crippen molar-refractivity contribution in [3.05, 3.63) is 29.8 Å². The number of piperidine rings is 1. The Morgan fingerprint density at radius 1 is 1.21 bits per heavy atom. The summed E-state index contributed by atoms with van der Waals surface area (Å²) in [5.41, 5.74) is 0.640. The molecule has 1 saturated carbocycles. The molecule has 0 radical (unpaired) electrons. The third kappa shape index (κ3) is 3.22. The molecule has 1 heterocycles. The first-order valence-corrected chi connectivity index (χ1v) is 10.4. The molecule has 5 nitrogen and oxygen atoms in total. The van der Waals surface area contributed by atoms with Crippen LogP contribution in [0.4, 0.5) is 0 Å². The number of rotatable bonds is 3. The van der Waals surface area contributed by atoms with Crippen molar-refractivity contribution in [2.75, 3.05) is 26.5 Å². The van der Waals surface area contributed by atoms with E-state index in [2.05, 4.69) is 0 Å². The Hall–Kier alpha value is -1.40. The standard InChI is InChI=1S/C18H25NO4S/c1-23-16-5-3-10-18(16)11-4-12-19(13-18)17(20)14-6-8-15(9-7-14)24(2,21)22/h6-9,16H,3-5,10-13H2,1-2H3/t16-,18+/m1/s1. The molecule has 1 aromatic rings. The number of benzene rings is 1. The minimum atomic E-state index is -3.24. The van der Waals surface area contributed by atoms with Crippen molar-refractivity contribution in [1.29, 1.82) is 0 Å². The van der Waals surface area contributed by atoms with Gasteiger partial charge in [-0.1, -0.05) is 6.42 Å². The van der Waals surface area contributed by atoms with Gasteiger partial charge in [-0.05, 0) is 49.9 Å². The number of methoxy groups -OCH3 is 1. The van der Waals surface area contributed by atoms with Gasteiger partial charge in [0.1, 0.15) is 0 Å². The third-order valence-electron chi connectivity index (χ3n) is 5.53. The number of sulfone groups is 1. The molecule has 1 amide bonds. The molecular weight excluding hydrogens is 326 g/mol. The summed E-state index contributed by atoms with van der Waals surface area (Å²) in [6.45, 7) is 1.49. The van der Waals surface area contributed by atoms with Crippen LogP contribution in [0.1, 0.15) is 42.5 Å². The quantitative estimate of drug-likeness (QED) is 0.839.